The second-order valence-corrected chi connectivity index (χ2v) is 5.46. The molecule has 2 nitrogen and oxygen atoms in total. The molecular weight excluding hydrogens is 258 g/mol. The first kappa shape index (κ1) is 15.6. The quantitative estimate of drug-likeness (QED) is 0.857. The summed E-state index contributed by atoms with van der Waals surface area (Å²) >= 11 is 0. The van der Waals surface area contributed by atoms with Crippen molar-refractivity contribution in [3.8, 4) is 5.75 Å². The molecule has 0 saturated carbocycles. The monoisotopic (exact) mass is 283 g/mol. The predicted octanol–water partition coefficient (Wildman–Crippen LogP) is 4.21. The van der Waals surface area contributed by atoms with Gasteiger partial charge in [-0.3, -0.25) is 0 Å². The van der Waals surface area contributed by atoms with Gasteiger partial charge < -0.3 is 10.1 Å². The molecule has 2 rings (SSSR count). The fourth-order valence-corrected chi connectivity index (χ4v) is 2.44. The molecule has 0 heterocycles. The Morgan fingerprint density at radius 2 is 1.81 bits per heavy atom. The van der Waals surface area contributed by atoms with Gasteiger partial charge in [0.1, 0.15) is 12.4 Å². The van der Waals surface area contributed by atoms with E-state index < -0.39 is 0 Å². The molecule has 112 valence electrons. The SMILES string of the molecule is CCc1ccccc1OCC(NC)c1ccc(C)c(C)c1. The van der Waals surface area contributed by atoms with E-state index in [1.807, 2.05) is 19.2 Å². The molecule has 0 fully saturated rings. The van der Waals surface area contributed by atoms with Crippen LogP contribution in [0.3, 0.4) is 0 Å². The van der Waals surface area contributed by atoms with Crippen molar-refractivity contribution in [2.75, 3.05) is 13.7 Å². The van der Waals surface area contributed by atoms with Crippen molar-refractivity contribution >= 4 is 0 Å². The van der Waals surface area contributed by atoms with Gasteiger partial charge in [-0.25, -0.2) is 0 Å². The Bertz CT molecular complexity index is 592. The Balaban J connectivity index is 2.10. The Labute approximate surface area is 128 Å². The van der Waals surface area contributed by atoms with Crippen LogP contribution in [0.1, 0.15) is 35.2 Å². The van der Waals surface area contributed by atoms with E-state index in [-0.39, 0.29) is 6.04 Å². The molecule has 1 atom stereocenters. The molecule has 0 aliphatic heterocycles. The Hall–Kier alpha value is -1.80. The molecule has 2 aromatic rings. The fraction of sp³-hybridized carbons (Fsp3) is 0.368. The molecule has 0 amide bonds. The second kappa shape index (κ2) is 7.28. The van der Waals surface area contributed by atoms with E-state index in [1.54, 1.807) is 0 Å². The first-order chi connectivity index (χ1) is 10.2. The molecule has 1 N–H and O–H groups in total. The lowest BCUT2D eigenvalue weighted by Gasteiger charge is -2.19. The van der Waals surface area contributed by atoms with Crippen LogP contribution in [0.15, 0.2) is 42.5 Å². The van der Waals surface area contributed by atoms with Crippen molar-refractivity contribution < 1.29 is 4.74 Å². The van der Waals surface area contributed by atoms with Gasteiger partial charge in [0.15, 0.2) is 0 Å². The van der Waals surface area contributed by atoms with Gasteiger partial charge >= 0.3 is 0 Å². The number of nitrogens with one attached hydrogen (secondary N) is 1. The average Bonchev–Trinajstić information content (AvgIpc) is 2.51. The maximum Gasteiger partial charge on any atom is 0.122 e. The summed E-state index contributed by atoms with van der Waals surface area (Å²) in [6, 6.07) is 15.1. The van der Waals surface area contributed by atoms with E-state index in [4.69, 9.17) is 4.74 Å². The van der Waals surface area contributed by atoms with Crippen LogP contribution in [0.2, 0.25) is 0 Å². The van der Waals surface area contributed by atoms with Crippen LogP contribution in [-0.4, -0.2) is 13.7 Å². The number of para-hydroxylation sites is 1. The van der Waals surface area contributed by atoms with Crippen LogP contribution < -0.4 is 10.1 Å². The normalized spacial score (nSPS) is 12.2. The second-order valence-electron chi connectivity index (χ2n) is 5.46. The van der Waals surface area contributed by atoms with Crippen molar-refractivity contribution in [2.24, 2.45) is 0 Å². The van der Waals surface area contributed by atoms with E-state index in [0.29, 0.717) is 6.61 Å². The van der Waals surface area contributed by atoms with Crippen LogP contribution in [0.4, 0.5) is 0 Å². The highest BCUT2D eigenvalue weighted by Gasteiger charge is 2.12. The molecule has 2 aromatic carbocycles. The number of aryl methyl sites for hydroxylation is 3. The fourth-order valence-electron chi connectivity index (χ4n) is 2.44. The third-order valence-electron chi connectivity index (χ3n) is 4.04. The van der Waals surface area contributed by atoms with Crippen LogP contribution in [-0.2, 0) is 6.42 Å². The summed E-state index contributed by atoms with van der Waals surface area (Å²) < 4.78 is 6.04. The van der Waals surface area contributed by atoms with E-state index in [0.717, 1.165) is 12.2 Å². The van der Waals surface area contributed by atoms with Crippen molar-refractivity contribution in [3.05, 3.63) is 64.7 Å². The van der Waals surface area contributed by atoms with E-state index >= 15 is 0 Å². The third-order valence-corrected chi connectivity index (χ3v) is 4.04. The van der Waals surface area contributed by atoms with E-state index in [1.165, 1.54) is 22.3 Å². The van der Waals surface area contributed by atoms with Gasteiger partial charge in [-0.2, -0.15) is 0 Å². The lowest BCUT2D eigenvalue weighted by molar-refractivity contribution is 0.271. The van der Waals surface area contributed by atoms with Gasteiger partial charge in [-0.15, -0.1) is 0 Å². The van der Waals surface area contributed by atoms with Gasteiger partial charge in [0, 0.05) is 0 Å². The molecule has 0 radical (unpaired) electrons. The summed E-state index contributed by atoms with van der Waals surface area (Å²) in [6.07, 6.45) is 0.990. The lowest BCUT2D eigenvalue weighted by atomic mass is 10.0. The molecule has 0 saturated heterocycles. The van der Waals surface area contributed by atoms with Crippen molar-refractivity contribution in [2.45, 2.75) is 33.2 Å². The van der Waals surface area contributed by atoms with E-state index in [2.05, 4.69) is 56.4 Å². The minimum Gasteiger partial charge on any atom is -0.491 e. The minimum atomic E-state index is 0.203. The van der Waals surface area contributed by atoms with Gasteiger partial charge in [-0.1, -0.05) is 43.3 Å². The number of likely N-dealkylation sites (N-methyl/N-ethyl adjacent to an activating group) is 1. The predicted molar refractivity (Wildman–Crippen MR) is 89.0 cm³/mol. The Morgan fingerprint density at radius 1 is 1.05 bits per heavy atom. The molecule has 0 bridgehead atoms. The maximum atomic E-state index is 6.04. The summed E-state index contributed by atoms with van der Waals surface area (Å²) in [5.74, 6) is 0.990. The van der Waals surface area contributed by atoms with Crippen LogP contribution in [0.25, 0.3) is 0 Å². The summed E-state index contributed by atoms with van der Waals surface area (Å²) in [5, 5.41) is 3.35. The number of rotatable bonds is 6. The van der Waals surface area contributed by atoms with Crippen LogP contribution in [0.5, 0.6) is 5.75 Å². The van der Waals surface area contributed by atoms with E-state index in [9.17, 15) is 0 Å². The number of hydrogen-bond acceptors (Lipinski definition) is 2. The largest absolute Gasteiger partial charge is 0.491 e. The summed E-state index contributed by atoms with van der Waals surface area (Å²) in [7, 11) is 1.98. The van der Waals surface area contributed by atoms with Gasteiger partial charge in [0.25, 0.3) is 0 Å². The highest BCUT2D eigenvalue weighted by atomic mass is 16.5. The molecule has 0 aliphatic rings. The van der Waals surface area contributed by atoms with Crippen molar-refractivity contribution in [1.29, 1.82) is 0 Å². The molecule has 21 heavy (non-hydrogen) atoms. The highest BCUT2D eigenvalue weighted by Crippen LogP contribution is 2.22. The summed E-state index contributed by atoms with van der Waals surface area (Å²) in [4.78, 5) is 0. The van der Waals surface area contributed by atoms with Gasteiger partial charge in [0.05, 0.1) is 6.04 Å². The van der Waals surface area contributed by atoms with Crippen molar-refractivity contribution in [1.82, 2.24) is 5.32 Å². The smallest absolute Gasteiger partial charge is 0.122 e. The molecule has 1 unspecified atom stereocenters. The van der Waals surface area contributed by atoms with Crippen molar-refractivity contribution in [3.63, 3.8) is 0 Å². The minimum absolute atomic E-state index is 0.203. The number of benzene rings is 2. The number of hydrogen-bond donors (Lipinski definition) is 1. The topological polar surface area (TPSA) is 21.3 Å². The summed E-state index contributed by atoms with van der Waals surface area (Å²) in [6.45, 7) is 7.08. The van der Waals surface area contributed by atoms with Gasteiger partial charge in [-0.05, 0) is 55.6 Å². The zero-order valence-electron chi connectivity index (χ0n) is 13.4. The molecule has 0 spiro atoms. The Morgan fingerprint density at radius 3 is 2.48 bits per heavy atom. The zero-order valence-corrected chi connectivity index (χ0v) is 13.4. The standard InChI is InChI=1S/C19H25NO/c1-5-16-8-6-7-9-19(16)21-13-18(20-4)17-11-10-14(2)15(3)12-17/h6-12,18,20H,5,13H2,1-4H3. The molecule has 0 aliphatic carbocycles. The number of ether oxygens (including phenoxy) is 1. The first-order valence-electron chi connectivity index (χ1n) is 7.60. The third kappa shape index (κ3) is 3.85. The van der Waals surface area contributed by atoms with Crippen LogP contribution >= 0.6 is 0 Å². The highest BCUT2D eigenvalue weighted by molar-refractivity contribution is 5.34. The maximum absolute atomic E-state index is 6.04. The molecule has 0 aromatic heterocycles. The first-order valence-corrected chi connectivity index (χ1v) is 7.60. The lowest BCUT2D eigenvalue weighted by Crippen LogP contribution is -2.23. The Kier molecular flexibility index (Phi) is 5.40. The molecular formula is C19H25NO. The van der Waals surface area contributed by atoms with Crippen LogP contribution in [0, 0.1) is 13.8 Å². The summed E-state index contributed by atoms with van der Waals surface area (Å²) in [5.41, 5.74) is 5.18. The van der Waals surface area contributed by atoms with Gasteiger partial charge in [0.2, 0.25) is 0 Å². The average molecular weight is 283 g/mol. The molecule has 2 heteroatoms. The zero-order chi connectivity index (χ0) is 15.2.